The molecular weight excluding hydrogens is 416 g/mol. The second kappa shape index (κ2) is 12.0. The number of hydrogen-bond donors (Lipinski definition) is 0. The smallest absolute Gasteiger partial charge is 0.204 e. The summed E-state index contributed by atoms with van der Waals surface area (Å²) in [6, 6.07) is 17.9. The topological polar surface area (TPSA) is 46.2 Å². The van der Waals surface area contributed by atoms with E-state index in [0.717, 1.165) is 42.6 Å². The Bertz CT molecular complexity index is 1030. The lowest BCUT2D eigenvalue weighted by molar-refractivity contribution is 0.269. The minimum absolute atomic E-state index is 0.371. The zero-order chi connectivity index (χ0) is 23.6. The summed E-state index contributed by atoms with van der Waals surface area (Å²) in [5.41, 5.74) is 3.36. The van der Waals surface area contributed by atoms with Gasteiger partial charge >= 0.3 is 0 Å². The van der Waals surface area contributed by atoms with E-state index in [1.807, 2.05) is 48.5 Å². The molecule has 0 unspecified atom stereocenters. The van der Waals surface area contributed by atoms with E-state index in [0.29, 0.717) is 35.4 Å². The Labute approximate surface area is 197 Å². The minimum atomic E-state index is 0.371. The quantitative estimate of drug-likeness (QED) is 0.298. The van der Waals surface area contributed by atoms with Crippen molar-refractivity contribution < 1.29 is 23.7 Å². The van der Waals surface area contributed by atoms with Crippen molar-refractivity contribution in [3.63, 3.8) is 0 Å². The first kappa shape index (κ1) is 24.3. The third-order valence-electron chi connectivity index (χ3n) is 5.37. The van der Waals surface area contributed by atoms with Gasteiger partial charge in [-0.3, -0.25) is 0 Å². The van der Waals surface area contributed by atoms with Crippen LogP contribution in [0.2, 0.25) is 0 Å². The van der Waals surface area contributed by atoms with Crippen molar-refractivity contribution in [3.05, 3.63) is 71.3 Å². The molecule has 0 saturated heterocycles. The molecule has 0 saturated carbocycles. The summed E-state index contributed by atoms with van der Waals surface area (Å²) in [7, 11) is 4.96. The zero-order valence-corrected chi connectivity index (χ0v) is 20.3. The fourth-order valence-corrected chi connectivity index (χ4v) is 3.67. The third-order valence-corrected chi connectivity index (χ3v) is 5.37. The van der Waals surface area contributed by atoms with Crippen LogP contribution in [0.1, 0.15) is 43.4 Å². The molecule has 0 atom stereocenters. The molecule has 176 valence electrons. The molecule has 3 rings (SSSR count). The van der Waals surface area contributed by atoms with Gasteiger partial charge in [-0.25, -0.2) is 0 Å². The second-order valence-electron chi connectivity index (χ2n) is 7.85. The van der Waals surface area contributed by atoms with Gasteiger partial charge in [0, 0.05) is 0 Å². The molecule has 0 spiro atoms. The summed E-state index contributed by atoms with van der Waals surface area (Å²) in [6.45, 7) is 4.68. The summed E-state index contributed by atoms with van der Waals surface area (Å²) < 4.78 is 29.1. The van der Waals surface area contributed by atoms with Crippen molar-refractivity contribution in [1.82, 2.24) is 0 Å². The maximum absolute atomic E-state index is 6.37. The van der Waals surface area contributed by atoms with Gasteiger partial charge in [0.25, 0.3) is 0 Å². The van der Waals surface area contributed by atoms with E-state index in [9.17, 15) is 0 Å². The van der Waals surface area contributed by atoms with Crippen LogP contribution in [0.4, 0.5) is 0 Å². The third kappa shape index (κ3) is 6.35. The number of methoxy groups -OCH3 is 3. The van der Waals surface area contributed by atoms with Gasteiger partial charge in [0.05, 0.1) is 21.3 Å². The molecule has 33 heavy (non-hydrogen) atoms. The van der Waals surface area contributed by atoms with Crippen molar-refractivity contribution in [1.29, 1.82) is 0 Å². The van der Waals surface area contributed by atoms with E-state index >= 15 is 0 Å². The lowest BCUT2D eigenvalue weighted by Crippen LogP contribution is -2.02. The number of rotatable bonds is 12. The molecule has 0 N–H and O–H groups in total. The van der Waals surface area contributed by atoms with Gasteiger partial charge in [-0.1, -0.05) is 44.9 Å². The first-order valence-corrected chi connectivity index (χ1v) is 11.4. The van der Waals surface area contributed by atoms with Crippen LogP contribution in [0.5, 0.6) is 34.5 Å². The molecule has 0 fully saturated rings. The van der Waals surface area contributed by atoms with E-state index in [1.165, 1.54) is 5.56 Å². The average molecular weight is 451 g/mol. The highest BCUT2D eigenvalue weighted by Crippen LogP contribution is 2.43. The van der Waals surface area contributed by atoms with Gasteiger partial charge in [-0.05, 0) is 65.9 Å². The van der Waals surface area contributed by atoms with Crippen LogP contribution < -0.4 is 23.7 Å². The predicted octanol–water partition coefficient (Wildman–Crippen LogP) is 6.99. The normalized spacial score (nSPS) is 10.6. The Morgan fingerprint density at radius 2 is 1.18 bits per heavy atom. The molecule has 0 radical (unpaired) electrons. The van der Waals surface area contributed by atoms with Gasteiger partial charge in [0.15, 0.2) is 23.0 Å². The molecule has 3 aromatic rings. The molecule has 5 nitrogen and oxygen atoms in total. The molecule has 0 amide bonds. The summed E-state index contributed by atoms with van der Waals surface area (Å²) in [4.78, 5) is 0. The molecule has 5 heteroatoms. The summed E-state index contributed by atoms with van der Waals surface area (Å²) in [5, 5.41) is 0. The standard InChI is InChI=1S/C28H34O5/c1-6-8-20-12-15-24(25(16-20)30-4)33-27-18-22(9-7-2)17-26(31-5)28(27)32-19-21-10-13-23(29-3)14-11-21/h10-18H,6-9,19H2,1-5H3. The van der Waals surface area contributed by atoms with Crippen LogP contribution in [0, 0.1) is 0 Å². The molecule has 0 bridgehead atoms. The Morgan fingerprint density at radius 3 is 1.82 bits per heavy atom. The Balaban J connectivity index is 1.94. The lowest BCUT2D eigenvalue weighted by atomic mass is 10.1. The van der Waals surface area contributed by atoms with Gasteiger partial charge < -0.3 is 23.7 Å². The minimum Gasteiger partial charge on any atom is -0.497 e. The van der Waals surface area contributed by atoms with Crippen LogP contribution in [0.3, 0.4) is 0 Å². The number of aryl methyl sites for hydroxylation is 2. The monoisotopic (exact) mass is 450 g/mol. The number of hydrogen-bond acceptors (Lipinski definition) is 5. The summed E-state index contributed by atoms with van der Waals surface area (Å²) in [6.07, 6.45) is 4.00. The van der Waals surface area contributed by atoms with Crippen LogP contribution in [0.15, 0.2) is 54.6 Å². The van der Waals surface area contributed by atoms with Crippen LogP contribution in [-0.4, -0.2) is 21.3 Å². The molecule has 0 aliphatic rings. The van der Waals surface area contributed by atoms with E-state index in [-0.39, 0.29) is 0 Å². The summed E-state index contributed by atoms with van der Waals surface area (Å²) >= 11 is 0. The Morgan fingerprint density at radius 1 is 0.576 bits per heavy atom. The number of benzene rings is 3. The highest BCUT2D eigenvalue weighted by molar-refractivity contribution is 5.57. The largest absolute Gasteiger partial charge is 0.497 e. The second-order valence-corrected chi connectivity index (χ2v) is 7.85. The van der Waals surface area contributed by atoms with Gasteiger partial charge in [-0.15, -0.1) is 0 Å². The van der Waals surface area contributed by atoms with Crippen molar-refractivity contribution in [3.8, 4) is 34.5 Å². The average Bonchev–Trinajstić information content (AvgIpc) is 2.84. The predicted molar refractivity (Wildman–Crippen MR) is 131 cm³/mol. The Hall–Kier alpha value is -3.34. The maximum atomic E-state index is 6.37. The van der Waals surface area contributed by atoms with Crippen molar-refractivity contribution in [2.45, 2.75) is 46.1 Å². The van der Waals surface area contributed by atoms with E-state index in [4.69, 9.17) is 23.7 Å². The SMILES string of the molecule is CCCc1ccc(Oc2cc(CCC)cc(OC)c2OCc2ccc(OC)cc2)c(OC)c1. The van der Waals surface area contributed by atoms with Crippen molar-refractivity contribution in [2.24, 2.45) is 0 Å². The first-order valence-electron chi connectivity index (χ1n) is 11.4. The van der Waals surface area contributed by atoms with Crippen LogP contribution in [-0.2, 0) is 19.4 Å². The molecule has 0 aliphatic carbocycles. The maximum Gasteiger partial charge on any atom is 0.204 e. The fraction of sp³-hybridized carbons (Fsp3) is 0.357. The number of ether oxygens (including phenoxy) is 5. The van der Waals surface area contributed by atoms with Gasteiger partial charge in [0.2, 0.25) is 5.75 Å². The molecule has 3 aromatic carbocycles. The first-order chi connectivity index (χ1) is 16.1. The van der Waals surface area contributed by atoms with E-state index < -0.39 is 0 Å². The molecular formula is C28H34O5. The van der Waals surface area contributed by atoms with Crippen LogP contribution >= 0.6 is 0 Å². The van der Waals surface area contributed by atoms with E-state index in [1.54, 1.807) is 21.3 Å². The van der Waals surface area contributed by atoms with Gasteiger partial charge in [0.1, 0.15) is 12.4 Å². The highest BCUT2D eigenvalue weighted by atomic mass is 16.5. The Kier molecular flexibility index (Phi) is 8.87. The lowest BCUT2D eigenvalue weighted by Gasteiger charge is -2.19. The molecule has 0 aromatic heterocycles. The van der Waals surface area contributed by atoms with Crippen molar-refractivity contribution >= 4 is 0 Å². The highest BCUT2D eigenvalue weighted by Gasteiger charge is 2.18. The van der Waals surface area contributed by atoms with Crippen molar-refractivity contribution in [2.75, 3.05) is 21.3 Å². The molecule has 0 heterocycles. The van der Waals surface area contributed by atoms with Crippen LogP contribution in [0.25, 0.3) is 0 Å². The molecule has 0 aliphatic heterocycles. The zero-order valence-electron chi connectivity index (χ0n) is 20.3. The van der Waals surface area contributed by atoms with Gasteiger partial charge in [-0.2, -0.15) is 0 Å². The summed E-state index contributed by atoms with van der Waals surface area (Å²) in [5.74, 6) is 3.96. The van der Waals surface area contributed by atoms with E-state index in [2.05, 4.69) is 19.9 Å². The fourth-order valence-electron chi connectivity index (χ4n) is 3.67.